The van der Waals surface area contributed by atoms with Crippen molar-refractivity contribution in [2.45, 2.75) is 24.9 Å². The number of benzene rings is 3. The van der Waals surface area contributed by atoms with Gasteiger partial charge in [0.05, 0.1) is 6.04 Å². The number of rotatable bonds is 7. The average Bonchev–Trinajstić information content (AvgIpc) is 3.09. The number of nitrogens with zero attached hydrogens (tertiary/aromatic N) is 1. The molecule has 0 aliphatic carbocycles. The molecule has 0 radical (unpaired) electrons. The van der Waals surface area contributed by atoms with Gasteiger partial charge in [-0.1, -0.05) is 73.1 Å². The molecular weight excluding hydrogens is 457 g/mol. The number of hydrogen-bond acceptors (Lipinski definition) is 3. The maximum Gasteiger partial charge on any atom is 0.325 e. The Morgan fingerprint density at radius 1 is 1.00 bits per heavy atom. The lowest BCUT2D eigenvalue weighted by Crippen LogP contribution is -2.45. The van der Waals surface area contributed by atoms with E-state index in [1.54, 1.807) is 19.1 Å². The van der Waals surface area contributed by atoms with Crippen LogP contribution in [0.3, 0.4) is 0 Å². The molecule has 4 rings (SSSR count). The first-order valence-electron chi connectivity index (χ1n) is 10.8. The van der Waals surface area contributed by atoms with Crippen molar-refractivity contribution in [1.29, 1.82) is 0 Å². The fourth-order valence-corrected chi connectivity index (χ4v) is 4.28. The number of carbonyl (C=O) groups is 3. The molecule has 6 nitrogen and oxygen atoms in total. The molecule has 34 heavy (non-hydrogen) atoms. The topological polar surface area (TPSA) is 78.5 Å². The summed E-state index contributed by atoms with van der Waals surface area (Å²) in [5.74, 6) is -1.50. The van der Waals surface area contributed by atoms with Crippen LogP contribution >= 0.6 is 11.6 Å². The van der Waals surface area contributed by atoms with Gasteiger partial charge in [-0.25, -0.2) is 9.18 Å². The summed E-state index contributed by atoms with van der Waals surface area (Å²) in [6.07, 6.45) is 0.249. The van der Waals surface area contributed by atoms with Crippen molar-refractivity contribution < 1.29 is 18.8 Å². The molecule has 0 aromatic heterocycles. The van der Waals surface area contributed by atoms with Gasteiger partial charge in [-0.2, -0.15) is 0 Å². The van der Waals surface area contributed by atoms with Crippen LogP contribution in [0.5, 0.6) is 0 Å². The van der Waals surface area contributed by atoms with Crippen molar-refractivity contribution in [2.24, 2.45) is 0 Å². The van der Waals surface area contributed by atoms with Crippen LogP contribution in [-0.2, 0) is 15.1 Å². The van der Waals surface area contributed by atoms with Gasteiger partial charge in [0.25, 0.3) is 5.91 Å². The second-order valence-electron chi connectivity index (χ2n) is 8.05. The van der Waals surface area contributed by atoms with Gasteiger partial charge in [-0.05, 0) is 47.4 Å². The van der Waals surface area contributed by atoms with Crippen molar-refractivity contribution in [3.8, 4) is 0 Å². The molecule has 2 N–H and O–H groups in total. The molecule has 3 aromatic rings. The van der Waals surface area contributed by atoms with Crippen LogP contribution in [0.2, 0.25) is 5.02 Å². The molecule has 0 saturated carbocycles. The zero-order valence-electron chi connectivity index (χ0n) is 18.4. The van der Waals surface area contributed by atoms with Crippen molar-refractivity contribution in [3.05, 3.63) is 106 Å². The minimum absolute atomic E-state index is 0.249. The van der Waals surface area contributed by atoms with E-state index < -0.39 is 41.8 Å². The molecule has 0 spiro atoms. The lowest BCUT2D eigenvalue weighted by molar-refractivity contribution is -0.135. The van der Waals surface area contributed by atoms with E-state index in [9.17, 15) is 18.8 Å². The summed E-state index contributed by atoms with van der Waals surface area (Å²) in [7, 11) is 0. The Hall–Kier alpha value is -3.71. The van der Waals surface area contributed by atoms with E-state index in [2.05, 4.69) is 10.6 Å². The lowest BCUT2D eigenvalue weighted by atomic mass is 9.87. The fraction of sp³-hybridized carbons (Fsp3) is 0.192. The average molecular weight is 480 g/mol. The second-order valence-corrected chi connectivity index (χ2v) is 8.49. The third-order valence-electron chi connectivity index (χ3n) is 5.99. The van der Waals surface area contributed by atoms with Gasteiger partial charge in [0, 0.05) is 5.02 Å². The third kappa shape index (κ3) is 4.52. The van der Waals surface area contributed by atoms with E-state index in [0.29, 0.717) is 10.6 Å². The van der Waals surface area contributed by atoms with Crippen LogP contribution in [0.4, 0.5) is 9.18 Å². The van der Waals surface area contributed by atoms with Gasteiger partial charge in [0.2, 0.25) is 5.91 Å². The number of urea groups is 1. The van der Waals surface area contributed by atoms with Crippen LogP contribution < -0.4 is 10.6 Å². The number of halogens is 2. The molecule has 0 bridgehead atoms. The Labute approximate surface area is 201 Å². The zero-order chi connectivity index (χ0) is 24.3. The summed E-state index contributed by atoms with van der Waals surface area (Å²) in [5, 5.41) is 6.19. The van der Waals surface area contributed by atoms with Crippen LogP contribution in [0.25, 0.3) is 0 Å². The molecule has 1 heterocycles. The summed E-state index contributed by atoms with van der Waals surface area (Å²) < 4.78 is 13.4. The van der Waals surface area contributed by atoms with Gasteiger partial charge in [-0.3, -0.25) is 14.5 Å². The van der Waals surface area contributed by atoms with Gasteiger partial charge >= 0.3 is 6.03 Å². The van der Waals surface area contributed by atoms with E-state index in [4.69, 9.17) is 11.6 Å². The molecule has 1 aliphatic rings. The minimum Gasteiger partial charge on any atom is -0.344 e. The van der Waals surface area contributed by atoms with E-state index in [1.807, 2.05) is 42.5 Å². The summed E-state index contributed by atoms with van der Waals surface area (Å²) in [6.45, 7) is 1.29. The molecule has 2 atom stereocenters. The number of nitrogens with one attached hydrogen (secondary N) is 2. The summed E-state index contributed by atoms with van der Waals surface area (Å²) >= 11 is 6.02. The maximum atomic E-state index is 13.4. The van der Waals surface area contributed by atoms with Gasteiger partial charge < -0.3 is 10.6 Å². The van der Waals surface area contributed by atoms with E-state index in [1.165, 1.54) is 24.3 Å². The Kier molecular flexibility index (Phi) is 6.65. The Balaban J connectivity index is 1.56. The smallest absolute Gasteiger partial charge is 0.325 e. The molecule has 8 heteroatoms. The second kappa shape index (κ2) is 9.65. The van der Waals surface area contributed by atoms with Crippen molar-refractivity contribution >= 4 is 29.4 Å². The molecule has 1 fully saturated rings. The van der Waals surface area contributed by atoms with Crippen molar-refractivity contribution in [3.63, 3.8) is 0 Å². The summed E-state index contributed by atoms with van der Waals surface area (Å²) in [5.41, 5.74) is 0.751. The number of hydrogen-bond donors (Lipinski definition) is 2. The van der Waals surface area contributed by atoms with Crippen molar-refractivity contribution in [2.75, 3.05) is 6.54 Å². The monoisotopic (exact) mass is 479 g/mol. The highest BCUT2D eigenvalue weighted by Crippen LogP contribution is 2.32. The van der Waals surface area contributed by atoms with Crippen molar-refractivity contribution in [1.82, 2.24) is 15.5 Å². The van der Waals surface area contributed by atoms with Gasteiger partial charge in [0.1, 0.15) is 17.9 Å². The van der Waals surface area contributed by atoms with E-state index in [0.717, 1.165) is 16.0 Å². The lowest BCUT2D eigenvalue weighted by Gasteiger charge is -2.26. The number of amides is 4. The molecule has 0 unspecified atom stereocenters. The highest BCUT2D eigenvalue weighted by Gasteiger charge is 2.51. The quantitative estimate of drug-likeness (QED) is 0.488. The SMILES string of the molecule is CC[C@]1(c2ccc(F)cc2)NC(=O)N(CC(=O)N[C@H](c2ccccc2)c2ccc(Cl)cc2)C1=O. The largest absolute Gasteiger partial charge is 0.344 e. The highest BCUT2D eigenvalue weighted by molar-refractivity contribution is 6.30. The maximum absolute atomic E-state index is 13.4. The number of carbonyl (C=O) groups excluding carboxylic acids is 3. The summed E-state index contributed by atoms with van der Waals surface area (Å²) in [4.78, 5) is 40.0. The van der Waals surface area contributed by atoms with Gasteiger partial charge in [-0.15, -0.1) is 0 Å². The predicted octanol–water partition coefficient (Wildman–Crippen LogP) is 4.54. The molecule has 1 aliphatic heterocycles. The fourth-order valence-electron chi connectivity index (χ4n) is 4.15. The van der Waals surface area contributed by atoms with Crippen LogP contribution in [0.15, 0.2) is 78.9 Å². The summed E-state index contributed by atoms with van der Waals surface area (Å²) in [6, 6.07) is 20.7. The highest BCUT2D eigenvalue weighted by atomic mass is 35.5. The van der Waals surface area contributed by atoms with Crippen LogP contribution in [0, 0.1) is 5.82 Å². The Bertz CT molecular complexity index is 1200. The van der Waals surface area contributed by atoms with Crippen LogP contribution in [-0.4, -0.2) is 29.3 Å². The molecule has 4 amide bonds. The third-order valence-corrected chi connectivity index (χ3v) is 6.24. The number of imide groups is 1. The first kappa shape index (κ1) is 23.4. The van der Waals surface area contributed by atoms with Crippen LogP contribution in [0.1, 0.15) is 36.1 Å². The predicted molar refractivity (Wildman–Crippen MR) is 126 cm³/mol. The van der Waals surface area contributed by atoms with E-state index >= 15 is 0 Å². The van der Waals surface area contributed by atoms with Gasteiger partial charge in [0.15, 0.2) is 0 Å². The minimum atomic E-state index is -1.35. The Morgan fingerprint density at radius 2 is 1.62 bits per heavy atom. The normalized spacial score (nSPS) is 18.5. The molecule has 3 aromatic carbocycles. The first-order valence-corrected chi connectivity index (χ1v) is 11.2. The standard InChI is InChI=1S/C26H23ClFN3O3/c1-2-26(19-10-14-21(28)15-11-19)24(33)31(25(34)30-26)16-22(32)29-23(17-6-4-3-5-7-17)18-8-12-20(27)13-9-18/h3-15,23H,2,16H2,1H3,(H,29,32)(H,30,34)/t23-,26-/m1/s1. The molecule has 1 saturated heterocycles. The first-order chi connectivity index (χ1) is 16.3. The van der Waals surface area contributed by atoms with E-state index in [-0.39, 0.29) is 6.42 Å². The molecular formula is C26H23ClFN3O3. The Morgan fingerprint density at radius 3 is 2.24 bits per heavy atom. The zero-order valence-corrected chi connectivity index (χ0v) is 19.2. The molecule has 174 valence electrons.